The van der Waals surface area contributed by atoms with E-state index < -0.39 is 0 Å². The number of carbonyl (C=O) groups is 1. The molecule has 0 saturated heterocycles. The van der Waals surface area contributed by atoms with Crippen molar-refractivity contribution in [1.29, 1.82) is 0 Å². The highest BCUT2D eigenvalue weighted by Gasteiger charge is 2.22. The van der Waals surface area contributed by atoms with Crippen LogP contribution in [0, 0.1) is 0 Å². The fraction of sp³-hybridized carbons (Fsp3) is 0.160. The van der Waals surface area contributed by atoms with Crippen molar-refractivity contribution in [3.63, 3.8) is 0 Å². The highest BCUT2D eigenvalue weighted by Crippen LogP contribution is 2.29. The largest absolute Gasteiger partial charge is 0.335 e. The summed E-state index contributed by atoms with van der Waals surface area (Å²) in [4.78, 5) is 32.7. The van der Waals surface area contributed by atoms with E-state index in [4.69, 9.17) is 4.98 Å². The molecule has 1 amide bonds. The summed E-state index contributed by atoms with van der Waals surface area (Å²) in [6, 6.07) is 22.8. The van der Waals surface area contributed by atoms with Crippen LogP contribution >= 0.6 is 11.3 Å². The van der Waals surface area contributed by atoms with Gasteiger partial charge in [-0.1, -0.05) is 36.4 Å². The molecule has 6 heteroatoms. The van der Waals surface area contributed by atoms with Crippen LogP contribution in [-0.4, -0.2) is 27.4 Å². The van der Waals surface area contributed by atoms with E-state index in [1.807, 2.05) is 91.3 Å². The fourth-order valence-corrected chi connectivity index (χ4v) is 5.01. The summed E-state index contributed by atoms with van der Waals surface area (Å²) < 4.78 is 3.05. The molecule has 0 aliphatic heterocycles. The number of hydrogen-bond donors (Lipinski definition) is 0. The molecule has 0 fully saturated rings. The molecule has 3 aromatic carbocycles. The number of thiazole rings is 1. The van der Waals surface area contributed by atoms with E-state index >= 15 is 0 Å². The Balaban J connectivity index is 1.53. The molecule has 5 nitrogen and oxygen atoms in total. The zero-order chi connectivity index (χ0) is 21.5. The molecule has 0 spiro atoms. The van der Waals surface area contributed by atoms with E-state index in [2.05, 4.69) is 0 Å². The maximum Gasteiger partial charge on any atom is 0.242 e. The summed E-state index contributed by atoms with van der Waals surface area (Å²) in [5, 5.41) is 2.15. The van der Waals surface area contributed by atoms with E-state index in [-0.39, 0.29) is 23.9 Å². The molecule has 5 rings (SSSR count). The first kappa shape index (κ1) is 19.5. The Hall–Kier alpha value is -3.51. The molecule has 2 aromatic heterocycles. The van der Waals surface area contributed by atoms with Crippen molar-refractivity contribution in [2.75, 3.05) is 7.05 Å². The third kappa shape index (κ3) is 3.29. The maximum absolute atomic E-state index is 13.3. The van der Waals surface area contributed by atoms with Gasteiger partial charge in [-0.25, -0.2) is 4.98 Å². The normalized spacial score (nSPS) is 12.5. The number of carbonyl (C=O) groups excluding carboxylic acids is 1. The van der Waals surface area contributed by atoms with E-state index in [0.29, 0.717) is 10.8 Å². The maximum atomic E-state index is 13.3. The van der Waals surface area contributed by atoms with Crippen LogP contribution in [-0.2, 0) is 11.3 Å². The van der Waals surface area contributed by atoms with Crippen molar-refractivity contribution in [3.05, 3.63) is 88.0 Å². The van der Waals surface area contributed by atoms with E-state index in [1.54, 1.807) is 16.2 Å². The van der Waals surface area contributed by atoms with Gasteiger partial charge in [0, 0.05) is 17.8 Å². The molecule has 0 unspecified atom stereocenters. The molecule has 2 heterocycles. The van der Waals surface area contributed by atoms with Crippen LogP contribution in [0.4, 0.5) is 0 Å². The Bertz CT molecular complexity index is 1410. The lowest BCUT2D eigenvalue weighted by Crippen LogP contribution is -2.33. The van der Waals surface area contributed by atoms with E-state index in [9.17, 15) is 9.59 Å². The zero-order valence-electron chi connectivity index (χ0n) is 17.3. The first-order chi connectivity index (χ1) is 15.0. The molecule has 0 aliphatic carbocycles. The summed E-state index contributed by atoms with van der Waals surface area (Å²) in [5.41, 5.74) is 2.47. The van der Waals surface area contributed by atoms with Crippen molar-refractivity contribution in [2.24, 2.45) is 0 Å². The fourth-order valence-electron chi connectivity index (χ4n) is 3.94. The van der Waals surface area contributed by atoms with Crippen molar-refractivity contribution >= 4 is 49.3 Å². The predicted octanol–water partition coefficient (Wildman–Crippen LogP) is 4.98. The number of likely N-dealkylation sites (N-methyl/N-ethyl adjacent to an activating group) is 1. The monoisotopic (exact) mass is 427 g/mol. The summed E-state index contributed by atoms with van der Waals surface area (Å²) in [7, 11) is 1.81. The Labute approximate surface area is 183 Å². The number of rotatable bonds is 4. The van der Waals surface area contributed by atoms with Crippen LogP contribution in [0.5, 0.6) is 0 Å². The average Bonchev–Trinajstić information content (AvgIpc) is 3.25. The second-order valence-corrected chi connectivity index (χ2v) is 8.71. The molecule has 1 atom stereocenters. The van der Waals surface area contributed by atoms with Gasteiger partial charge in [0.1, 0.15) is 11.6 Å². The average molecular weight is 428 g/mol. The lowest BCUT2D eigenvalue weighted by Gasteiger charge is -2.25. The number of nitrogens with zero attached hydrogens (tertiary/aromatic N) is 3. The van der Waals surface area contributed by atoms with Crippen LogP contribution in [0.2, 0.25) is 0 Å². The third-order valence-electron chi connectivity index (χ3n) is 5.81. The van der Waals surface area contributed by atoms with Crippen LogP contribution in [0.15, 0.2) is 77.6 Å². The van der Waals surface area contributed by atoms with E-state index in [1.165, 1.54) is 0 Å². The lowest BCUT2D eigenvalue weighted by molar-refractivity contribution is -0.132. The number of para-hydroxylation sites is 3. The van der Waals surface area contributed by atoms with Crippen LogP contribution in [0.25, 0.3) is 32.0 Å². The standard InChI is InChI=1S/C25H21N3O2S/c1-16(25-26-19-11-5-8-14-22(19)31-25)27(2)23(29)15-28-20-12-6-3-9-17(20)24(30)18-10-4-7-13-21(18)28/h3-14,16H,15H2,1-2H3/t16-/m0/s1. The summed E-state index contributed by atoms with van der Waals surface area (Å²) in [6.07, 6.45) is 0. The highest BCUT2D eigenvalue weighted by molar-refractivity contribution is 7.18. The first-order valence-corrected chi connectivity index (χ1v) is 11.0. The minimum atomic E-state index is -0.151. The van der Waals surface area contributed by atoms with E-state index in [0.717, 1.165) is 26.3 Å². The third-order valence-corrected chi connectivity index (χ3v) is 7.02. The number of fused-ring (bicyclic) bond motifs is 3. The first-order valence-electron chi connectivity index (χ1n) is 10.2. The van der Waals surface area contributed by atoms with Gasteiger partial charge >= 0.3 is 0 Å². The molecule has 0 radical (unpaired) electrons. The van der Waals surface area contributed by atoms with Crippen molar-refractivity contribution in [2.45, 2.75) is 19.5 Å². The molecule has 5 aromatic rings. The number of pyridine rings is 1. The number of aromatic nitrogens is 2. The smallest absolute Gasteiger partial charge is 0.242 e. The Morgan fingerprint density at radius 3 is 2.19 bits per heavy atom. The second-order valence-electron chi connectivity index (χ2n) is 7.65. The highest BCUT2D eigenvalue weighted by atomic mass is 32.1. The second kappa shape index (κ2) is 7.63. The molecular formula is C25H21N3O2S. The topological polar surface area (TPSA) is 55.2 Å². The SMILES string of the molecule is C[C@@H](c1nc2ccccc2s1)N(C)C(=O)Cn1c2ccccc2c(=O)c2ccccc21. The van der Waals surface area contributed by atoms with Gasteiger partial charge in [0.05, 0.1) is 27.3 Å². The summed E-state index contributed by atoms with van der Waals surface area (Å²) in [5.74, 6) is -0.0364. The Kier molecular flexibility index (Phi) is 4.79. The Morgan fingerprint density at radius 2 is 1.55 bits per heavy atom. The van der Waals surface area contributed by atoms with Gasteiger partial charge in [-0.15, -0.1) is 11.3 Å². The summed E-state index contributed by atoms with van der Waals surface area (Å²) in [6.45, 7) is 2.14. The number of amides is 1. The molecule has 0 aliphatic rings. The van der Waals surface area contributed by atoms with Crippen molar-refractivity contribution < 1.29 is 4.79 Å². The van der Waals surface area contributed by atoms with Crippen molar-refractivity contribution in [3.8, 4) is 0 Å². The molecule has 31 heavy (non-hydrogen) atoms. The molecule has 0 bridgehead atoms. The van der Waals surface area contributed by atoms with Gasteiger partial charge in [-0.05, 0) is 43.3 Å². The minimum Gasteiger partial charge on any atom is -0.335 e. The zero-order valence-corrected chi connectivity index (χ0v) is 18.1. The lowest BCUT2D eigenvalue weighted by atomic mass is 10.1. The quantitative estimate of drug-likeness (QED) is 0.380. The molecule has 154 valence electrons. The molecule has 0 saturated carbocycles. The van der Waals surface area contributed by atoms with Crippen molar-refractivity contribution in [1.82, 2.24) is 14.5 Å². The van der Waals surface area contributed by atoms with Crippen LogP contribution in [0.3, 0.4) is 0 Å². The number of benzene rings is 3. The van der Waals surface area contributed by atoms with Gasteiger partial charge in [-0.3, -0.25) is 9.59 Å². The number of hydrogen-bond acceptors (Lipinski definition) is 4. The van der Waals surface area contributed by atoms with Crippen LogP contribution < -0.4 is 5.43 Å². The van der Waals surface area contributed by atoms with Gasteiger partial charge in [0.15, 0.2) is 5.43 Å². The Morgan fingerprint density at radius 1 is 0.968 bits per heavy atom. The minimum absolute atomic E-state index is 0.00824. The molecular weight excluding hydrogens is 406 g/mol. The van der Waals surface area contributed by atoms with Gasteiger partial charge in [-0.2, -0.15) is 0 Å². The van der Waals surface area contributed by atoms with Gasteiger partial charge in [0.2, 0.25) is 5.91 Å². The van der Waals surface area contributed by atoms with Gasteiger partial charge in [0.25, 0.3) is 0 Å². The predicted molar refractivity (Wildman–Crippen MR) is 127 cm³/mol. The van der Waals surface area contributed by atoms with Crippen LogP contribution in [0.1, 0.15) is 18.0 Å². The molecule has 0 N–H and O–H groups in total. The van der Waals surface area contributed by atoms with Gasteiger partial charge < -0.3 is 9.47 Å². The summed E-state index contributed by atoms with van der Waals surface area (Å²) >= 11 is 1.61.